The van der Waals surface area contributed by atoms with E-state index in [1.54, 1.807) is 0 Å². The average Bonchev–Trinajstić information content (AvgIpc) is 3.49. The molecule has 160 valence electrons. The Hall–Kier alpha value is -3.54. The van der Waals surface area contributed by atoms with Gasteiger partial charge in [-0.3, -0.25) is 4.99 Å². The maximum Gasteiger partial charge on any atom is 0.123 e. The van der Waals surface area contributed by atoms with Crippen LogP contribution in [0.4, 0.5) is 0 Å². The summed E-state index contributed by atoms with van der Waals surface area (Å²) in [7, 11) is 0. The van der Waals surface area contributed by atoms with Crippen molar-refractivity contribution in [2.75, 3.05) is 0 Å². The molecule has 0 saturated carbocycles. The lowest BCUT2D eigenvalue weighted by atomic mass is 9.96. The third kappa shape index (κ3) is 3.88. The highest BCUT2D eigenvalue weighted by atomic mass is 14.9. The summed E-state index contributed by atoms with van der Waals surface area (Å²) < 4.78 is 0. The van der Waals surface area contributed by atoms with Gasteiger partial charge in [0.1, 0.15) is 5.82 Å². The Balaban J connectivity index is 1.38. The predicted octanol–water partition coefficient (Wildman–Crippen LogP) is 5.45. The molecular formula is C27H27N5. The maximum atomic E-state index is 5.96. The summed E-state index contributed by atoms with van der Waals surface area (Å²) in [6.45, 7) is 3.90. The van der Waals surface area contributed by atoms with Crippen LogP contribution in [0.25, 0.3) is 38.7 Å². The molecule has 0 spiro atoms. The summed E-state index contributed by atoms with van der Waals surface area (Å²) >= 11 is 0. The Morgan fingerprint density at radius 1 is 0.781 bits per heavy atom. The number of hydrogen-bond donors (Lipinski definition) is 3. The van der Waals surface area contributed by atoms with E-state index >= 15 is 0 Å². The highest BCUT2D eigenvalue weighted by Gasteiger charge is 2.15. The number of aromatic amines is 1. The van der Waals surface area contributed by atoms with Gasteiger partial charge in [-0.1, -0.05) is 48.5 Å². The topological polar surface area (TPSA) is 93.1 Å². The van der Waals surface area contributed by atoms with Gasteiger partial charge in [-0.15, -0.1) is 0 Å². The SMILES string of the molecule is C[C@H](N)C1=NC=C(c2ccc(-c3ccc4cc(-c5cnc([C@H](C)N)[nH]5)ccc4c3)cc2)C1. The van der Waals surface area contributed by atoms with Crippen molar-refractivity contribution in [1.82, 2.24) is 9.97 Å². The van der Waals surface area contributed by atoms with Crippen molar-refractivity contribution >= 4 is 22.1 Å². The Bertz CT molecular complexity index is 1340. The molecule has 5 heteroatoms. The first-order valence-corrected chi connectivity index (χ1v) is 10.9. The molecule has 0 unspecified atom stereocenters. The lowest BCUT2D eigenvalue weighted by Gasteiger charge is -2.09. The summed E-state index contributed by atoms with van der Waals surface area (Å²) in [6, 6.07) is 21.6. The van der Waals surface area contributed by atoms with E-state index in [2.05, 4.69) is 75.6 Å². The fourth-order valence-electron chi connectivity index (χ4n) is 4.09. The minimum absolute atomic E-state index is 0.000629. The van der Waals surface area contributed by atoms with E-state index in [9.17, 15) is 0 Å². The quantitative estimate of drug-likeness (QED) is 0.400. The van der Waals surface area contributed by atoms with Crippen LogP contribution in [0.5, 0.6) is 0 Å². The number of aliphatic imine (C=N–C) groups is 1. The molecule has 2 heterocycles. The van der Waals surface area contributed by atoms with Crippen LogP contribution in [-0.4, -0.2) is 21.7 Å². The lowest BCUT2D eigenvalue weighted by molar-refractivity contribution is 0.756. The molecule has 5 N–H and O–H groups in total. The molecule has 0 amide bonds. The van der Waals surface area contributed by atoms with Crippen molar-refractivity contribution in [3.8, 4) is 22.4 Å². The summed E-state index contributed by atoms with van der Waals surface area (Å²) in [4.78, 5) is 12.2. The average molecular weight is 422 g/mol. The van der Waals surface area contributed by atoms with E-state index in [0.717, 1.165) is 29.2 Å². The molecule has 1 aliphatic rings. The fraction of sp³-hybridized carbons (Fsp3) is 0.185. The van der Waals surface area contributed by atoms with E-state index in [-0.39, 0.29) is 12.1 Å². The van der Waals surface area contributed by atoms with E-state index in [1.807, 2.05) is 26.2 Å². The van der Waals surface area contributed by atoms with Crippen LogP contribution >= 0.6 is 0 Å². The van der Waals surface area contributed by atoms with Crippen molar-refractivity contribution in [3.63, 3.8) is 0 Å². The van der Waals surface area contributed by atoms with Gasteiger partial charge in [-0.05, 0) is 59.0 Å². The van der Waals surface area contributed by atoms with Crippen molar-refractivity contribution in [2.45, 2.75) is 32.4 Å². The number of nitrogens with zero attached hydrogens (tertiary/aromatic N) is 2. The number of fused-ring (bicyclic) bond motifs is 1. The minimum atomic E-state index is -0.109. The van der Waals surface area contributed by atoms with Gasteiger partial charge in [-0.2, -0.15) is 0 Å². The normalized spacial score (nSPS) is 15.5. The van der Waals surface area contributed by atoms with Crippen LogP contribution < -0.4 is 11.5 Å². The van der Waals surface area contributed by atoms with E-state index in [0.29, 0.717) is 0 Å². The minimum Gasteiger partial charge on any atom is -0.341 e. The van der Waals surface area contributed by atoms with Crippen molar-refractivity contribution in [3.05, 3.63) is 84.4 Å². The van der Waals surface area contributed by atoms with Crippen LogP contribution in [0.3, 0.4) is 0 Å². The first kappa shape index (κ1) is 20.4. The van der Waals surface area contributed by atoms with E-state index < -0.39 is 0 Å². The van der Waals surface area contributed by atoms with E-state index in [4.69, 9.17) is 11.5 Å². The molecule has 5 nitrogen and oxygen atoms in total. The third-order valence-corrected chi connectivity index (χ3v) is 6.05. The molecule has 32 heavy (non-hydrogen) atoms. The fourth-order valence-corrected chi connectivity index (χ4v) is 4.09. The molecule has 0 aliphatic carbocycles. The second kappa shape index (κ2) is 8.19. The van der Waals surface area contributed by atoms with Crippen LogP contribution in [-0.2, 0) is 0 Å². The Morgan fingerprint density at radius 3 is 2.03 bits per heavy atom. The van der Waals surface area contributed by atoms with Crippen LogP contribution in [0, 0.1) is 0 Å². The maximum absolute atomic E-state index is 5.96. The number of nitrogens with two attached hydrogens (primary N) is 2. The van der Waals surface area contributed by atoms with Gasteiger partial charge in [-0.25, -0.2) is 4.98 Å². The summed E-state index contributed by atoms with van der Waals surface area (Å²) in [6.07, 6.45) is 4.62. The number of nitrogens with one attached hydrogen (secondary N) is 1. The van der Waals surface area contributed by atoms with E-state index in [1.165, 1.54) is 33.0 Å². The van der Waals surface area contributed by atoms with Gasteiger partial charge in [0, 0.05) is 29.9 Å². The van der Waals surface area contributed by atoms with Gasteiger partial charge < -0.3 is 16.5 Å². The molecule has 0 bridgehead atoms. The number of H-pyrrole nitrogens is 1. The van der Waals surface area contributed by atoms with Gasteiger partial charge in [0.2, 0.25) is 0 Å². The Kier molecular flexibility index (Phi) is 5.21. The lowest BCUT2D eigenvalue weighted by Crippen LogP contribution is -2.25. The van der Waals surface area contributed by atoms with Crippen molar-refractivity contribution in [2.24, 2.45) is 16.5 Å². The zero-order valence-corrected chi connectivity index (χ0v) is 18.3. The molecule has 0 radical (unpaired) electrons. The number of imidazole rings is 1. The number of rotatable bonds is 5. The monoisotopic (exact) mass is 421 g/mol. The van der Waals surface area contributed by atoms with Crippen LogP contribution in [0.2, 0.25) is 0 Å². The molecule has 3 aromatic carbocycles. The second-order valence-corrected chi connectivity index (χ2v) is 8.57. The molecule has 0 saturated heterocycles. The van der Waals surface area contributed by atoms with Gasteiger partial charge in [0.15, 0.2) is 0 Å². The second-order valence-electron chi connectivity index (χ2n) is 8.57. The Labute approximate surface area is 187 Å². The van der Waals surface area contributed by atoms with Crippen LogP contribution in [0.1, 0.15) is 37.7 Å². The highest BCUT2D eigenvalue weighted by molar-refractivity contribution is 6.01. The molecule has 2 atom stereocenters. The molecule has 4 aromatic rings. The molecule has 1 aromatic heterocycles. The number of hydrogen-bond acceptors (Lipinski definition) is 4. The summed E-state index contributed by atoms with van der Waals surface area (Å²) in [5.41, 5.74) is 19.8. The highest BCUT2D eigenvalue weighted by Crippen LogP contribution is 2.30. The largest absolute Gasteiger partial charge is 0.341 e. The molecule has 5 rings (SSSR count). The third-order valence-electron chi connectivity index (χ3n) is 6.05. The number of allylic oxidation sites excluding steroid dienone is 1. The standard InChI is InChI=1S/C27H27N5/c1-16(28)25-13-24(14-30-25)19-5-3-18(4-6-19)20-7-8-22-12-23(10-9-21(22)11-20)26-15-31-27(32-26)17(2)29/h3-12,14-17H,13,28-29H2,1-2H3,(H,31,32)/t16-,17-/m0/s1. The molecule has 0 fully saturated rings. The van der Waals surface area contributed by atoms with Gasteiger partial charge in [0.25, 0.3) is 0 Å². The number of benzene rings is 3. The van der Waals surface area contributed by atoms with Crippen molar-refractivity contribution < 1.29 is 0 Å². The van der Waals surface area contributed by atoms with Crippen molar-refractivity contribution in [1.29, 1.82) is 0 Å². The first-order chi connectivity index (χ1) is 15.5. The van der Waals surface area contributed by atoms with Gasteiger partial charge >= 0.3 is 0 Å². The van der Waals surface area contributed by atoms with Gasteiger partial charge in [0.05, 0.1) is 17.9 Å². The predicted molar refractivity (Wildman–Crippen MR) is 133 cm³/mol. The zero-order valence-electron chi connectivity index (χ0n) is 18.3. The summed E-state index contributed by atoms with van der Waals surface area (Å²) in [5.74, 6) is 0.799. The number of aromatic nitrogens is 2. The Morgan fingerprint density at radius 2 is 1.41 bits per heavy atom. The zero-order chi connectivity index (χ0) is 22.2. The summed E-state index contributed by atoms with van der Waals surface area (Å²) in [5, 5.41) is 2.40. The molecular weight excluding hydrogens is 394 g/mol. The smallest absolute Gasteiger partial charge is 0.123 e. The van der Waals surface area contributed by atoms with Crippen LogP contribution in [0.15, 0.2) is 78.1 Å². The molecule has 1 aliphatic heterocycles. The first-order valence-electron chi connectivity index (χ1n) is 10.9.